The molecule has 5 aliphatic rings. The fourth-order valence-electron chi connectivity index (χ4n) is 14.2. The average molecular weight is 793 g/mol. The van der Waals surface area contributed by atoms with Gasteiger partial charge < -0.3 is 23.7 Å². The molecule has 8 heteroatoms. The zero-order valence-corrected chi connectivity index (χ0v) is 36.0. The molecule has 1 heterocycles. The van der Waals surface area contributed by atoms with Gasteiger partial charge >= 0.3 is 11.9 Å². The number of hydrogen-bond donors (Lipinski definition) is 1. The molecule has 58 heavy (non-hydrogen) atoms. The highest BCUT2D eigenvalue weighted by Gasteiger charge is 2.63. The van der Waals surface area contributed by atoms with Crippen molar-refractivity contribution in [2.24, 2.45) is 50.7 Å². The third-order valence-electron chi connectivity index (χ3n) is 17.0. The fourth-order valence-corrected chi connectivity index (χ4v) is 14.2. The van der Waals surface area contributed by atoms with Gasteiger partial charge in [-0.3, -0.25) is 14.4 Å². The highest BCUT2D eigenvalue weighted by molar-refractivity contribution is 5.84. The van der Waals surface area contributed by atoms with Gasteiger partial charge in [0.15, 0.2) is 5.43 Å². The van der Waals surface area contributed by atoms with E-state index in [0.717, 1.165) is 25.7 Å². The van der Waals surface area contributed by atoms with Crippen LogP contribution in [0.2, 0.25) is 0 Å². The van der Waals surface area contributed by atoms with Crippen LogP contribution in [0.25, 0.3) is 22.1 Å². The third kappa shape index (κ3) is 6.73. The van der Waals surface area contributed by atoms with Gasteiger partial charge in [-0.25, -0.2) is 0 Å². The minimum atomic E-state index is -0.558. The molecule has 9 atom stereocenters. The van der Waals surface area contributed by atoms with Gasteiger partial charge in [0, 0.05) is 18.6 Å². The number of hydrogen-bond acceptors (Lipinski definition) is 8. The van der Waals surface area contributed by atoms with E-state index >= 15 is 0 Å². The summed E-state index contributed by atoms with van der Waals surface area (Å²) in [6, 6.07) is 10.9. The molecule has 1 aromatic heterocycles. The number of rotatable bonds is 7. The number of allylic oxidation sites excluding steroid dienone is 2. The molecule has 3 aromatic rings. The quantitative estimate of drug-likeness (QED) is 0.143. The van der Waals surface area contributed by atoms with E-state index in [1.165, 1.54) is 63.0 Å². The van der Waals surface area contributed by atoms with Crippen LogP contribution in [0.1, 0.15) is 126 Å². The van der Waals surface area contributed by atoms with Gasteiger partial charge in [0.1, 0.15) is 29.4 Å². The number of benzene rings is 2. The van der Waals surface area contributed by atoms with E-state index in [0.29, 0.717) is 57.1 Å². The first kappa shape index (κ1) is 40.9. The summed E-state index contributed by atoms with van der Waals surface area (Å²) in [6.45, 7) is 17.4. The lowest BCUT2D eigenvalue weighted by Crippen LogP contribution is -2.58. The highest BCUT2D eigenvalue weighted by Crippen LogP contribution is 2.70. The van der Waals surface area contributed by atoms with E-state index < -0.39 is 5.97 Å². The zero-order chi connectivity index (χ0) is 41.4. The first-order valence-electron chi connectivity index (χ1n) is 21.9. The molecule has 0 spiro atoms. The van der Waals surface area contributed by atoms with Gasteiger partial charge in [-0.15, -0.1) is 0 Å². The van der Waals surface area contributed by atoms with Gasteiger partial charge in [0.2, 0.25) is 0 Å². The lowest BCUT2D eigenvalue weighted by Gasteiger charge is -2.64. The minimum Gasteiger partial charge on any atom is -0.508 e. The Kier molecular flexibility index (Phi) is 10.3. The van der Waals surface area contributed by atoms with Crippen molar-refractivity contribution in [2.45, 2.75) is 138 Å². The first-order chi connectivity index (χ1) is 27.4. The molecule has 8 rings (SSSR count). The van der Waals surface area contributed by atoms with Crippen molar-refractivity contribution in [3.63, 3.8) is 0 Å². The van der Waals surface area contributed by atoms with Crippen LogP contribution in [-0.4, -0.2) is 36.4 Å². The maximum atomic E-state index is 13.3. The maximum Gasteiger partial charge on any atom is 0.311 e. The van der Waals surface area contributed by atoms with Gasteiger partial charge in [0.05, 0.1) is 29.9 Å². The van der Waals surface area contributed by atoms with Crippen molar-refractivity contribution < 1.29 is 33.3 Å². The van der Waals surface area contributed by atoms with Crippen LogP contribution in [0.3, 0.4) is 0 Å². The number of esters is 2. The van der Waals surface area contributed by atoms with Crippen molar-refractivity contribution in [3.8, 4) is 22.6 Å². The lowest BCUT2D eigenvalue weighted by molar-refractivity contribution is -0.178. The smallest absolute Gasteiger partial charge is 0.311 e. The minimum absolute atomic E-state index is 0.0691. The Morgan fingerprint density at radius 1 is 0.776 bits per heavy atom. The molecule has 312 valence electrons. The van der Waals surface area contributed by atoms with Crippen LogP contribution in [0.4, 0.5) is 0 Å². The third-order valence-corrected chi connectivity index (χ3v) is 17.0. The van der Waals surface area contributed by atoms with Gasteiger partial charge in [-0.05, 0) is 139 Å². The second-order valence-corrected chi connectivity index (χ2v) is 20.8. The number of carbonyl (C=O) groups is 2. The molecule has 4 saturated carbocycles. The van der Waals surface area contributed by atoms with Crippen LogP contribution in [0.5, 0.6) is 11.5 Å². The maximum absolute atomic E-state index is 13.3. The molecule has 0 radical (unpaired) electrons. The lowest BCUT2D eigenvalue weighted by atomic mass is 9.42. The zero-order valence-electron chi connectivity index (χ0n) is 36.0. The van der Waals surface area contributed by atoms with E-state index in [1.54, 1.807) is 29.8 Å². The molecule has 1 N–H and O–H groups in total. The largest absolute Gasteiger partial charge is 0.508 e. The number of fused-ring (bicyclic) bond motifs is 7. The van der Waals surface area contributed by atoms with E-state index in [4.69, 9.17) is 18.6 Å². The summed E-state index contributed by atoms with van der Waals surface area (Å²) in [5.41, 5.74) is 3.47. The summed E-state index contributed by atoms with van der Waals surface area (Å²) < 4.78 is 23.6. The summed E-state index contributed by atoms with van der Waals surface area (Å²) in [6.07, 6.45) is 15.5. The van der Waals surface area contributed by atoms with Crippen LogP contribution in [0, 0.1) is 50.7 Å². The molecule has 0 saturated heterocycles. The molecule has 0 unspecified atom stereocenters. The summed E-state index contributed by atoms with van der Waals surface area (Å²) in [5.74, 6) is 1.72. The van der Waals surface area contributed by atoms with Gasteiger partial charge in [-0.2, -0.15) is 0 Å². The van der Waals surface area contributed by atoms with Crippen molar-refractivity contribution in [2.75, 3.05) is 7.11 Å². The Hall–Kier alpha value is -3.91. The van der Waals surface area contributed by atoms with Crippen molar-refractivity contribution >= 4 is 22.9 Å². The monoisotopic (exact) mass is 792 g/mol. The number of aromatic hydroxyl groups is 1. The fraction of sp³-hybridized carbons (Fsp3) is 0.620. The van der Waals surface area contributed by atoms with Crippen LogP contribution in [-0.2, 0) is 19.1 Å². The Bertz CT molecular complexity index is 2160. The number of carbonyl (C=O) groups excluding carboxylic acids is 2. The topological polar surface area (TPSA) is 112 Å². The molecule has 4 fully saturated rings. The van der Waals surface area contributed by atoms with E-state index in [-0.39, 0.29) is 63.7 Å². The van der Waals surface area contributed by atoms with Gasteiger partial charge in [-0.1, -0.05) is 72.2 Å². The SMILES string of the molecule is CO[C@H]1CC[C@@]2(C)[C@@H](CC[C@@]3(C)CC4=CC[C@H]5C(C)(C)[C@H](OC(=O)CCC(=O)Oc6ccc7c(=O)c(-c8ccc(O)cc8)coc7c6)CC[C@]5(C)[C@H]4CC[C@@H]32)C1(C)C. The molecule has 0 aliphatic heterocycles. The normalized spacial score (nSPS) is 34.9. The van der Waals surface area contributed by atoms with Crippen LogP contribution < -0.4 is 10.2 Å². The molecular formula is C50H64O8. The Balaban J connectivity index is 0.894. The molecular weight excluding hydrogens is 729 g/mol. The number of phenols is 1. The average Bonchev–Trinajstić information content (AvgIpc) is 3.33. The number of phenolic OH excluding ortho intramolecular Hbond substituents is 1. The van der Waals surface area contributed by atoms with Gasteiger partial charge in [0.25, 0.3) is 0 Å². The summed E-state index contributed by atoms with van der Waals surface area (Å²) in [5, 5.41) is 9.94. The van der Waals surface area contributed by atoms with E-state index in [2.05, 4.69) is 54.5 Å². The summed E-state index contributed by atoms with van der Waals surface area (Å²) in [4.78, 5) is 39.4. The van der Waals surface area contributed by atoms with E-state index in [1.807, 2.05) is 7.11 Å². The van der Waals surface area contributed by atoms with Crippen molar-refractivity contribution in [1.82, 2.24) is 0 Å². The summed E-state index contributed by atoms with van der Waals surface area (Å²) in [7, 11) is 1.91. The summed E-state index contributed by atoms with van der Waals surface area (Å²) >= 11 is 0. The second kappa shape index (κ2) is 14.7. The number of methoxy groups -OCH3 is 1. The van der Waals surface area contributed by atoms with Crippen molar-refractivity contribution in [3.05, 3.63) is 70.6 Å². The standard InChI is InChI=1S/C50H64O8/c1-46(2)39-21-24-48(5)28-31-11-17-38-47(3,4)42(23-25-49(38,6)36(31)16-18-40(48)50(39,7)26-22-41(46)55-8)58-44(53)20-19-43(52)57-33-14-15-34-37(27-33)56-29-35(45(34)54)30-9-12-32(51)13-10-30/h9-15,27,29,36,38-42,51H,16-26,28H2,1-8H3/t36-,38-,39-,40-,41-,42+,48-,49+,50-/m0/s1. The molecule has 0 bridgehead atoms. The van der Waals surface area contributed by atoms with Crippen LogP contribution >= 0.6 is 0 Å². The second-order valence-electron chi connectivity index (χ2n) is 20.8. The predicted octanol–water partition coefficient (Wildman–Crippen LogP) is 11.2. The number of ether oxygens (including phenoxy) is 3. The predicted molar refractivity (Wildman–Crippen MR) is 225 cm³/mol. The highest BCUT2D eigenvalue weighted by atomic mass is 16.5. The first-order valence-corrected chi connectivity index (χ1v) is 21.9. The molecule has 8 nitrogen and oxygen atoms in total. The Morgan fingerprint density at radius 3 is 2.21 bits per heavy atom. The molecule has 0 amide bonds. The Labute approximate surface area is 344 Å². The van der Waals surface area contributed by atoms with Crippen molar-refractivity contribution in [1.29, 1.82) is 0 Å². The Morgan fingerprint density at radius 2 is 1.47 bits per heavy atom. The van der Waals surface area contributed by atoms with Crippen LogP contribution in [0.15, 0.2) is 69.6 Å². The van der Waals surface area contributed by atoms with E-state index in [9.17, 15) is 19.5 Å². The molecule has 2 aromatic carbocycles. The molecule has 5 aliphatic carbocycles.